The van der Waals surface area contributed by atoms with E-state index in [1.165, 1.54) is 4.90 Å². The summed E-state index contributed by atoms with van der Waals surface area (Å²) in [5, 5.41) is 0. The van der Waals surface area contributed by atoms with Crippen LogP contribution in [0.4, 0.5) is 0 Å². The topological polar surface area (TPSA) is 80.5 Å². The number of amides is 1. The van der Waals surface area contributed by atoms with Crippen molar-refractivity contribution >= 4 is 33.0 Å². The molecule has 0 spiro atoms. The Hall–Kier alpha value is -0.690. The zero-order valence-electron chi connectivity index (χ0n) is 10.0. The maximum atomic E-state index is 12.0. The van der Waals surface area contributed by atoms with E-state index in [0.29, 0.717) is 18.0 Å². The lowest BCUT2D eigenvalue weighted by atomic mass is 10.1. The molecule has 98 valence electrons. The van der Waals surface area contributed by atoms with Crippen molar-refractivity contribution in [3.63, 3.8) is 0 Å². The molecule has 1 rings (SSSR count). The highest BCUT2D eigenvalue weighted by atomic mass is 32.2. The highest BCUT2D eigenvalue weighted by Crippen LogP contribution is 2.20. The molecule has 5 nitrogen and oxygen atoms in total. The quantitative estimate of drug-likeness (QED) is 0.720. The Morgan fingerprint density at radius 3 is 2.59 bits per heavy atom. The summed E-state index contributed by atoms with van der Waals surface area (Å²) < 4.78 is 22.6. The molecule has 0 aliphatic carbocycles. The predicted molar refractivity (Wildman–Crippen MR) is 70.3 cm³/mol. The summed E-state index contributed by atoms with van der Waals surface area (Å²) in [5.74, 6) is -0.505. The second-order valence-corrected chi connectivity index (χ2v) is 7.32. The van der Waals surface area contributed by atoms with Crippen LogP contribution in [0.3, 0.4) is 0 Å². The van der Waals surface area contributed by atoms with E-state index in [9.17, 15) is 13.2 Å². The van der Waals surface area contributed by atoms with Crippen LogP contribution in [0.1, 0.15) is 13.3 Å². The molecule has 1 saturated heterocycles. The van der Waals surface area contributed by atoms with Gasteiger partial charge in [0.2, 0.25) is 5.91 Å². The smallest absolute Gasteiger partial charge is 0.226 e. The van der Waals surface area contributed by atoms with E-state index in [1.54, 1.807) is 7.05 Å². The van der Waals surface area contributed by atoms with Gasteiger partial charge in [-0.2, -0.15) is 0 Å². The Labute approximate surface area is 107 Å². The number of hydrogen-bond donors (Lipinski definition) is 1. The summed E-state index contributed by atoms with van der Waals surface area (Å²) >= 11 is 4.84. The lowest BCUT2D eigenvalue weighted by Crippen LogP contribution is -2.39. The molecule has 0 aromatic carbocycles. The van der Waals surface area contributed by atoms with Gasteiger partial charge in [0.25, 0.3) is 0 Å². The number of nitrogens with two attached hydrogens (primary N) is 1. The zero-order chi connectivity index (χ0) is 13.2. The SMILES string of the molecule is CC(CN(C)C(=O)C1CCS(=O)(=O)C1)C(N)=S. The van der Waals surface area contributed by atoms with Crippen molar-refractivity contribution in [1.82, 2.24) is 4.90 Å². The van der Waals surface area contributed by atoms with E-state index < -0.39 is 15.8 Å². The molecule has 1 heterocycles. The molecule has 0 saturated carbocycles. The number of rotatable bonds is 4. The molecule has 1 aliphatic heterocycles. The van der Waals surface area contributed by atoms with E-state index in [2.05, 4.69) is 0 Å². The highest BCUT2D eigenvalue weighted by molar-refractivity contribution is 7.91. The van der Waals surface area contributed by atoms with Gasteiger partial charge in [-0.15, -0.1) is 0 Å². The first-order valence-electron chi connectivity index (χ1n) is 5.47. The maximum Gasteiger partial charge on any atom is 0.226 e. The molecule has 2 atom stereocenters. The molecule has 7 heteroatoms. The number of sulfone groups is 1. The molecule has 0 aromatic rings. The molecular weight excluding hydrogens is 260 g/mol. The van der Waals surface area contributed by atoms with Gasteiger partial charge >= 0.3 is 0 Å². The third-order valence-electron chi connectivity index (χ3n) is 2.99. The second-order valence-electron chi connectivity index (χ2n) is 4.62. The van der Waals surface area contributed by atoms with Crippen LogP contribution >= 0.6 is 12.2 Å². The summed E-state index contributed by atoms with van der Waals surface area (Å²) in [5.41, 5.74) is 5.48. The van der Waals surface area contributed by atoms with Crippen LogP contribution in [-0.4, -0.2) is 49.3 Å². The summed E-state index contributed by atoms with van der Waals surface area (Å²) in [7, 11) is -1.36. The van der Waals surface area contributed by atoms with Gasteiger partial charge in [0, 0.05) is 19.5 Å². The first-order valence-corrected chi connectivity index (χ1v) is 7.70. The van der Waals surface area contributed by atoms with Gasteiger partial charge in [-0.1, -0.05) is 19.1 Å². The monoisotopic (exact) mass is 278 g/mol. The summed E-state index contributed by atoms with van der Waals surface area (Å²) in [6.07, 6.45) is 0.424. The fraction of sp³-hybridized carbons (Fsp3) is 0.800. The lowest BCUT2D eigenvalue weighted by Gasteiger charge is -2.23. The summed E-state index contributed by atoms with van der Waals surface area (Å²) in [6, 6.07) is 0. The Morgan fingerprint density at radius 1 is 1.59 bits per heavy atom. The van der Waals surface area contributed by atoms with Crippen molar-refractivity contribution in [2.45, 2.75) is 13.3 Å². The van der Waals surface area contributed by atoms with E-state index in [-0.39, 0.29) is 23.3 Å². The van der Waals surface area contributed by atoms with Gasteiger partial charge < -0.3 is 10.6 Å². The van der Waals surface area contributed by atoms with Crippen molar-refractivity contribution in [2.75, 3.05) is 25.1 Å². The van der Waals surface area contributed by atoms with E-state index >= 15 is 0 Å². The molecule has 0 aromatic heterocycles. The molecule has 1 amide bonds. The van der Waals surface area contributed by atoms with Crippen LogP contribution in [0.25, 0.3) is 0 Å². The normalized spacial score (nSPS) is 24.2. The molecule has 2 unspecified atom stereocenters. The first kappa shape index (κ1) is 14.4. The third kappa shape index (κ3) is 3.92. The largest absolute Gasteiger partial charge is 0.393 e. The van der Waals surface area contributed by atoms with Crippen LogP contribution in [0.5, 0.6) is 0 Å². The van der Waals surface area contributed by atoms with Crippen LogP contribution in [0, 0.1) is 11.8 Å². The van der Waals surface area contributed by atoms with Gasteiger partial charge in [-0.05, 0) is 6.42 Å². The van der Waals surface area contributed by atoms with E-state index in [1.807, 2.05) is 6.92 Å². The second kappa shape index (κ2) is 5.30. The van der Waals surface area contributed by atoms with Crippen molar-refractivity contribution in [3.05, 3.63) is 0 Å². The zero-order valence-corrected chi connectivity index (χ0v) is 11.7. The van der Waals surface area contributed by atoms with Crippen LogP contribution < -0.4 is 5.73 Å². The van der Waals surface area contributed by atoms with Crippen molar-refractivity contribution < 1.29 is 13.2 Å². The van der Waals surface area contributed by atoms with E-state index in [4.69, 9.17) is 18.0 Å². The maximum absolute atomic E-state index is 12.0. The molecular formula is C10H18N2O3S2. The highest BCUT2D eigenvalue weighted by Gasteiger charge is 2.34. The minimum Gasteiger partial charge on any atom is -0.393 e. The standard InChI is InChI=1S/C10H18N2O3S2/c1-7(9(11)16)5-12(2)10(13)8-3-4-17(14,15)6-8/h7-8H,3-6H2,1-2H3,(H2,11,16). The molecule has 0 bridgehead atoms. The van der Waals surface area contributed by atoms with Crippen molar-refractivity contribution in [2.24, 2.45) is 17.6 Å². The minimum atomic E-state index is -3.02. The molecule has 0 radical (unpaired) electrons. The predicted octanol–water partition coefficient (Wildman–Crippen LogP) is -0.198. The van der Waals surface area contributed by atoms with Crippen molar-refractivity contribution in [3.8, 4) is 0 Å². The van der Waals surface area contributed by atoms with E-state index in [0.717, 1.165) is 0 Å². The Balaban J connectivity index is 2.56. The number of thiocarbonyl (C=S) groups is 1. The fourth-order valence-corrected chi connectivity index (χ4v) is 3.70. The van der Waals surface area contributed by atoms with Crippen molar-refractivity contribution in [1.29, 1.82) is 0 Å². The van der Waals surface area contributed by atoms with Gasteiger partial charge in [0.15, 0.2) is 9.84 Å². The number of nitrogens with zero attached hydrogens (tertiary/aromatic N) is 1. The van der Waals surface area contributed by atoms with Crippen LogP contribution in [0.15, 0.2) is 0 Å². The van der Waals surface area contributed by atoms with Gasteiger partial charge in [-0.25, -0.2) is 8.42 Å². The molecule has 17 heavy (non-hydrogen) atoms. The third-order valence-corrected chi connectivity index (χ3v) is 5.16. The van der Waals surface area contributed by atoms with Gasteiger partial charge in [0.05, 0.1) is 22.4 Å². The fourth-order valence-electron chi connectivity index (χ4n) is 1.89. The average Bonchev–Trinajstić information content (AvgIpc) is 2.57. The Bertz CT molecular complexity index is 419. The van der Waals surface area contributed by atoms with Crippen LogP contribution in [-0.2, 0) is 14.6 Å². The number of carbonyl (C=O) groups excluding carboxylic acids is 1. The first-order chi connectivity index (χ1) is 7.73. The molecule has 2 N–H and O–H groups in total. The van der Waals surface area contributed by atoms with Gasteiger partial charge in [-0.3, -0.25) is 4.79 Å². The molecule has 1 aliphatic rings. The number of carbonyl (C=O) groups is 1. The van der Waals surface area contributed by atoms with Gasteiger partial charge in [0.1, 0.15) is 0 Å². The number of hydrogen-bond acceptors (Lipinski definition) is 4. The Morgan fingerprint density at radius 2 is 2.18 bits per heavy atom. The summed E-state index contributed by atoms with van der Waals surface area (Å²) in [6.45, 7) is 2.28. The minimum absolute atomic E-state index is 0.0301. The van der Waals surface area contributed by atoms with Crippen LogP contribution in [0.2, 0.25) is 0 Å². The molecule has 1 fully saturated rings. The average molecular weight is 278 g/mol. The lowest BCUT2D eigenvalue weighted by molar-refractivity contribution is -0.133. The summed E-state index contributed by atoms with van der Waals surface area (Å²) in [4.78, 5) is 13.9. The Kier molecular flexibility index (Phi) is 4.48.